The van der Waals surface area contributed by atoms with Crippen LogP contribution in [0.5, 0.6) is 0 Å². The summed E-state index contributed by atoms with van der Waals surface area (Å²) in [7, 11) is 0. The summed E-state index contributed by atoms with van der Waals surface area (Å²) >= 11 is 0. The fraction of sp³-hybridized carbons (Fsp3) is 0. The first-order chi connectivity index (χ1) is 26.7. The molecule has 0 radical (unpaired) electrons. The normalized spacial score (nSPS) is 11.7. The van der Waals surface area contributed by atoms with E-state index in [9.17, 15) is 0 Å². The van der Waals surface area contributed by atoms with Gasteiger partial charge in [0.15, 0.2) is 17.5 Å². The zero-order valence-electron chi connectivity index (χ0n) is 29.0. The van der Waals surface area contributed by atoms with Gasteiger partial charge in [0, 0.05) is 38.2 Å². The number of furan rings is 1. The van der Waals surface area contributed by atoms with Crippen LogP contribution in [0, 0.1) is 0 Å². The van der Waals surface area contributed by atoms with Gasteiger partial charge in [0.25, 0.3) is 0 Å². The van der Waals surface area contributed by atoms with Gasteiger partial charge in [-0.15, -0.1) is 0 Å². The van der Waals surface area contributed by atoms with E-state index in [-0.39, 0.29) is 0 Å². The molecule has 0 unspecified atom stereocenters. The lowest BCUT2D eigenvalue weighted by Gasteiger charge is -2.15. The van der Waals surface area contributed by atoms with Crippen LogP contribution in [-0.2, 0) is 0 Å². The Morgan fingerprint density at radius 3 is 1.78 bits per heavy atom. The van der Waals surface area contributed by atoms with Crippen LogP contribution in [0.15, 0.2) is 186 Å². The third kappa shape index (κ3) is 4.90. The lowest BCUT2D eigenvalue weighted by Crippen LogP contribution is -2.04. The van der Waals surface area contributed by atoms with E-state index in [1.54, 1.807) is 0 Å². The van der Waals surface area contributed by atoms with Crippen LogP contribution in [0.4, 0.5) is 0 Å². The van der Waals surface area contributed by atoms with Crippen molar-refractivity contribution < 1.29 is 4.42 Å². The SMILES string of the molecule is c1ccc(-c2cccc(-c3nc(-c4ccccc4)nc(-c4cc5oc6ccccc6c5cc4-n4c5ccccc5c5cc6ccccc6cc54)n3)c2)cc1. The van der Waals surface area contributed by atoms with E-state index in [4.69, 9.17) is 19.4 Å². The summed E-state index contributed by atoms with van der Waals surface area (Å²) in [6, 6.07) is 63.3. The van der Waals surface area contributed by atoms with Crippen molar-refractivity contribution in [3.63, 3.8) is 0 Å². The first-order valence-corrected chi connectivity index (χ1v) is 18.1. The standard InChI is InChI=1S/C49H30N4O/c1-3-14-31(15-4-1)33-20-13-21-36(26-33)48-50-47(32-16-5-2-6-17-32)51-49(52-48)41-30-46-40(38-23-10-12-25-45(38)54-46)29-44(41)53-42-24-11-9-22-37(42)39-27-34-18-7-8-19-35(34)28-43(39)53/h1-30H. The number of nitrogens with zero attached hydrogens (tertiary/aromatic N) is 4. The van der Waals surface area contributed by atoms with Gasteiger partial charge < -0.3 is 8.98 Å². The van der Waals surface area contributed by atoms with Gasteiger partial charge in [-0.25, -0.2) is 15.0 Å². The molecule has 0 spiro atoms. The van der Waals surface area contributed by atoms with Crippen molar-refractivity contribution in [1.82, 2.24) is 19.5 Å². The number of benzene rings is 8. The lowest BCUT2D eigenvalue weighted by molar-refractivity contribution is 0.669. The van der Waals surface area contributed by atoms with E-state index in [0.29, 0.717) is 17.5 Å². The third-order valence-corrected chi connectivity index (χ3v) is 10.4. The molecule has 0 aliphatic rings. The van der Waals surface area contributed by atoms with Crippen molar-refractivity contribution in [1.29, 1.82) is 0 Å². The molecule has 0 bridgehead atoms. The Morgan fingerprint density at radius 1 is 0.352 bits per heavy atom. The van der Waals surface area contributed by atoms with Crippen molar-refractivity contribution in [2.24, 2.45) is 0 Å². The summed E-state index contributed by atoms with van der Waals surface area (Å²) in [5.74, 6) is 1.76. The summed E-state index contributed by atoms with van der Waals surface area (Å²) in [5, 5.41) is 6.84. The van der Waals surface area contributed by atoms with Gasteiger partial charge >= 0.3 is 0 Å². The third-order valence-electron chi connectivity index (χ3n) is 10.4. The number of hydrogen-bond acceptors (Lipinski definition) is 4. The van der Waals surface area contributed by atoms with Gasteiger partial charge in [-0.3, -0.25) is 0 Å². The van der Waals surface area contributed by atoms with E-state index in [1.807, 2.05) is 48.5 Å². The largest absolute Gasteiger partial charge is 0.456 e. The molecule has 0 amide bonds. The second kappa shape index (κ2) is 12.1. The average Bonchev–Trinajstić information content (AvgIpc) is 3.77. The number of hydrogen-bond donors (Lipinski definition) is 0. The van der Waals surface area contributed by atoms with Crippen molar-refractivity contribution in [2.45, 2.75) is 0 Å². The summed E-state index contributed by atoms with van der Waals surface area (Å²) in [6.45, 7) is 0. The maximum atomic E-state index is 6.53. The van der Waals surface area contributed by atoms with Gasteiger partial charge in [-0.1, -0.05) is 140 Å². The molecular formula is C49H30N4O. The van der Waals surface area contributed by atoms with Crippen molar-refractivity contribution >= 4 is 54.5 Å². The first kappa shape index (κ1) is 30.3. The maximum absolute atomic E-state index is 6.53. The van der Waals surface area contributed by atoms with E-state index in [2.05, 4.69) is 138 Å². The van der Waals surface area contributed by atoms with Crippen LogP contribution < -0.4 is 0 Å². The van der Waals surface area contributed by atoms with Crippen LogP contribution in [-0.4, -0.2) is 19.5 Å². The molecule has 8 aromatic carbocycles. The summed E-state index contributed by atoms with van der Waals surface area (Å²) in [4.78, 5) is 15.6. The fourth-order valence-electron chi connectivity index (χ4n) is 7.85. The highest BCUT2D eigenvalue weighted by Crippen LogP contribution is 2.41. The van der Waals surface area contributed by atoms with E-state index >= 15 is 0 Å². The highest BCUT2D eigenvalue weighted by Gasteiger charge is 2.22. The van der Waals surface area contributed by atoms with Crippen molar-refractivity contribution in [3.05, 3.63) is 182 Å². The lowest BCUT2D eigenvalue weighted by atomic mass is 10.0. The number of fused-ring (bicyclic) bond motifs is 7. The minimum atomic E-state index is 0.563. The Morgan fingerprint density at radius 2 is 0.963 bits per heavy atom. The van der Waals surface area contributed by atoms with E-state index < -0.39 is 0 Å². The molecule has 0 fully saturated rings. The van der Waals surface area contributed by atoms with Gasteiger partial charge in [0.1, 0.15) is 11.2 Å². The summed E-state index contributed by atoms with van der Waals surface area (Å²) < 4.78 is 8.90. The molecule has 11 aromatic rings. The van der Waals surface area contributed by atoms with Gasteiger partial charge in [-0.05, 0) is 64.4 Å². The molecule has 0 aliphatic carbocycles. The van der Waals surface area contributed by atoms with Crippen molar-refractivity contribution in [3.8, 4) is 51.0 Å². The number of para-hydroxylation sites is 2. The topological polar surface area (TPSA) is 56.7 Å². The highest BCUT2D eigenvalue weighted by molar-refractivity contribution is 6.15. The number of rotatable bonds is 5. The zero-order valence-corrected chi connectivity index (χ0v) is 29.0. The molecule has 0 saturated heterocycles. The Hall–Kier alpha value is -7.37. The second-order valence-electron chi connectivity index (χ2n) is 13.7. The predicted molar refractivity (Wildman–Crippen MR) is 221 cm³/mol. The van der Waals surface area contributed by atoms with Crippen LogP contribution in [0.3, 0.4) is 0 Å². The molecule has 0 N–H and O–H groups in total. The van der Waals surface area contributed by atoms with Crippen molar-refractivity contribution in [2.75, 3.05) is 0 Å². The van der Waals surface area contributed by atoms with Crippen LogP contribution in [0.2, 0.25) is 0 Å². The quantitative estimate of drug-likeness (QED) is 0.180. The van der Waals surface area contributed by atoms with Gasteiger partial charge in [0.05, 0.1) is 16.7 Å². The zero-order chi connectivity index (χ0) is 35.6. The molecule has 3 heterocycles. The van der Waals surface area contributed by atoms with Crippen LogP contribution in [0.25, 0.3) is 105 Å². The Bertz CT molecular complexity index is 3220. The van der Waals surface area contributed by atoms with E-state index in [0.717, 1.165) is 66.5 Å². The predicted octanol–water partition coefficient (Wildman–Crippen LogP) is 12.7. The minimum Gasteiger partial charge on any atom is -0.456 e. The fourth-order valence-corrected chi connectivity index (χ4v) is 7.85. The maximum Gasteiger partial charge on any atom is 0.166 e. The molecule has 5 heteroatoms. The Labute approximate surface area is 310 Å². The molecule has 54 heavy (non-hydrogen) atoms. The Balaban J connectivity index is 1.24. The number of aromatic nitrogens is 4. The molecule has 5 nitrogen and oxygen atoms in total. The molecular weight excluding hydrogens is 661 g/mol. The minimum absolute atomic E-state index is 0.563. The van der Waals surface area contributed by atoms with Gasteiger partial charge in [0.2, 0.25) is 0 Å². The smallest absolute Gasteiger partial charge is 0.166 e. The molecule has 0 aliphatic heterocycles. The summed E-state index contributed by atoms with van der Waals surface area (Å²) in [5.41, 5.74) is 9.68. The highest BCUT2D eigenvalue weighted by atomic mass is 16.3. The Kier molecular flexibility index (Phi) is 6.79. The first-order valence-electron chi connectivity index (χ1n) is 18.1. The monoisotopic (exact) mass is 690 g/mol. The van der Waals surface area contributed by atoms with Gasteiger partial charge in [-0.2, -0.15) is 0 Å². The second-order valence-corrected chi connectivity index (χ2v) is 13.7. The molecule has 0 atom stereocenters. The van der Waals surface area contributed by atoms with E-state index in [1.165, 1.54) is 21.5 Å². The molecule has 252 valence electrons. The average molecular weight is 691 g/mol. The van der Waals surface area contributed by atoms with Crippen LogP contribution in [0.1, 0.15) is 0 Å². The molecule has 11 rings (SSSR count). The molecule has 3 aromatic heterocycles. The summed E-state index contributed by atoms with van der Waals surface area (Å²) in [6.07, 6.45) is 0. The van der Waals surface area contributed by atoms with Crippen LogP contribution >= 0.6 is 0 Å². The molecule has 0 saturated carbocycles.